The lowest BCUT2D eigenvalue weighted by molar-refractivity contribution is -0.594. The third-order valence-electron chi connectivity index (χ3n) is 4.33. The number of pyridine rings is 2. The van der Waals surface area contributed by atoms with Gasteiger partial charge in [-0.3, -0.25) is 0 Å². The predicted octanol–water partition coefficient (Wildman–Crippen LogP) is 3.06. The highest BCUT2D eigenvalue weighted by molar-refractivity contribution is 5.85. The van der Waals surface area contributed by atoms with Crippen LogP contribution in [-0.2, 0) is 0 Å². The van der Waals surface area contributed by atoms with Crippen LogP contribution in [-0.4, -0.2) is 11.0 Å². The Morgan fingerprint density at radius 3 is 1.96 bits per heavy atom. The Balaban J connectivity index is 2.06. The zero-order chi connectivity index (χ0) is 18.6. The Morgan fingerprint density at radius 1 is 0.741 bits per heavy atom. The molecule has 0 aliphatic carbocycles. The summed E-state index contributed by atoms with van der Waals surface area (Å²) in [6, 6.07) is 28.4. The smallest absolute Gasteiger partial charge is 0.328 e. The van der Waals surface area contributed by atoms with Gasteiger partial charge in [-0.05, 0) is 34.3 Å². The molecule has 0 aliphatic rings. The van der Waals surface area contributed by atoms with E-state index in [1.165, 1.54) is 0 Å². The Morgan fingerprint density at radius 2 is 1.37 bits per heavy atom. The van der Waals surface area contributed by atoms with Gasteiger partial charge in [0.05, 0.1) is 0 Å². The van der Waals surface area contributed by atoms with Crippen LogP contribution < -0.4 is 9.67 Å². The number of carboxylic acids is 1. The first-order chi connectivity index (χ1) is 13.2. The summed E-state index contributed by atoms with van der Waals surface area (Å²) in [7, 11) is 0. The van der Waals surface area contributed by atoms with Gasteiger partial charge in [0.25, 0.3) is 0 Å². The van der Waals surface area contributed by atoms with E-state index in [-0.39, 0.29) is 5.69 Å². The monoisotopic (exact) mass is 352 g/mol. The first-order valence-electron chi connectivity index (χ1n) is 8.58. The molecule has 0 fully saturated rings. The van der Waals surface area contributed by atoms with Crippen LogP contribution in [0.3, 0.4) is 0 Å². The van der Waals surface area contributed by atoms with Crippen molar-refractivity contribution in [1.29, 1.82) is 0 Å². The van der Waals surface area contributed by atoms with E-state index in [4.69, 9.17) is 0 Å². The molecule has 2 heterocycles. The van der Waals surface area contributed by atoms with Crippen LogP contribution in [0.25, 0.3) is 28.2 Å². The highest BCUT2D eigenvalue weighted by Gasteiger charge is 2.22. The molecule has 0 atom stereocenters. The molecule has 4 heteroatoms. The van der Waals surface area contributed by atoms with Crippen molar-refractivity contribution in [2.75, 3.05) is 0 Å². The molecule has 2 aromatic carbocycles. The largest absolute Gasteiger partial charge is 0.541 e. The van der Waals surface area contributed by atoms with E-state index in [0.717, 1.165) is 22.4 Å². The topological polar surface area (TPSA) is 56.9 Å². The fourth-order valence-electron chi connectivity index (χ4n) is 3.10. The van der Waals surface area contributed by atoms with E-state index in [1.54, 1.807) is 29.0 Å². The summed E-state index contributed by atoms with van der Waals surface area (Å²) >= 11 is 0. The second kappa shape index (κ2) is 7.22. The normalized spacial score (nSPS) is 10.5. The fourth-order valence-corrected chi connectivity index (χ4v) is 3.10. The number of carboxylic acid groups (broad SMARTS) is 1. The zero-order valence-corrected chi connectivity index (χ0v) is 14.4. The molecule has 0 amide bonds. The lowest BCUT2D eigenvalue weighted by Crippen LogP contribution is -2.45. The van der Waals surface area contributed by atoms with E-state index in [9.17, 15) is 9.90 Å². The summed E-state index contributed by atoms with van der Waals surface area (Å²) < 4.78 is 1.62. The third-order valence-corrected chi connectivity index (χ3v) is 4.33. The van der Waals surface area contributed by atoms with Gasteiger partial charge in [0.15, 0.2) is 5.69 Å². The average molecular weight is 352 g/mol. The molecule has 0 saturated carbocycles. The van der Waals surface area contributed by atoms with E-state index >= 15 is 0 Å². The summed E-state index contributed by atoms with van der Waals surface area (Å²) in [5.74, 6) is -0.731. The minimum atomic E-state index is -1.25. The molecule has 27 heavy (non-hydrogen) atoms. The van der Waals surface area contributed by atoms with Crippen LogP contribution >= 0.6 is 0 Å². The summed E-state index contributed by atoms with van der Waals surface area (Å²) in [6.07, 6.45) is 1.64. The van der Waals surface area contributed by atoms with E-state index in [0.29, 0.717) is 5.82 Å². The van der Waals surface area contributed by atoms with Crippen LogP contribution in [0, 0.1) is 0 Å². The summed E-state index contributed by atoms with van der Waals surface area (Å²) in [4.78, 5) is 16.4. The van der Waals surface area contributed by atoms with Crippen molar-refractivity contribution in [2.24, 2.45) is 0 Å². The summed E-state index contributed by atoms with van der Waals surface area (Å²) in [6.45, 7) is 0. The second-order valence-corrected chi connectivity index (χ2v) is 6.06. The van der Waals surface area contributed by atoms with Crippen molar-refractivity contribution < 1.29 is 14.5 Å². The molecule has 4 nitrogen and oxygen atoms in total. The maximum atomic E-state index is 12.0. The Bertz CT molecular complexity index is 1080. The Labute approximate surface area is 157 Å². The number of benzene rings is 2. The minimum absolute atomic E-state index is 0.0499. The van der Waals surface area contributed by atoms with Gasteiger partial charge in [0.1, 0.15) is 17.9 Å². The van der Waals surface area contributed by atoms with Crippen LogP contribution in [0.1, 0.15) is 10.5 Å². The molecule has 0 unspecified atom stereocenters. The molecule has 0 spiro atoms. The Kier molecular flexibility index (Phi) is 4.45. The molecule has 0 aliphatic heterocycles. The number of aromatic nitrogens is 2. The van der Waals surface area contributed by atoms with Crippen LogP contribution in [0.15, 0.2) is 97.2 Å². The highest BCUT2D eigenvalue weighted by atomic mass is 16.4. The van der Waals surface area contributed by atoms with Gasteiger partial charge in [0.2, 0.25) is 0 Å². The molecule has 0 radical (unpaired) electrons. The number of carbonyl (C=O) groups is 1. The minimum Gasteiger partial charge on any atom is -0.541 e. The average Bonchev–Trinajstić information content (AvgIpc) is 2.74. The lowest BCUT2D eigenvalue weighted by atomic mass is 10.0. The SMILES string of the molecule is O=C([O-])c1cc(-c2ccccc2)cc(-c2ccccc2)[n+]1-c1ccccn1. The van der Waals surface area contributed by atoms with Crippen molar-refractivity contribution in [3.05, 3.63) is 103 Å². The number of carbonyl (C=O) groups excluding carboxylic acids is 1. The first-order valence-corrected chi connectivity index (χ1v) is 8.58. The summed E-state index contributed by atoms with van der Waals surface area (Å²) in [5, 5.41) is 12.0. The van der Waals surface area contributed by atoms with Crippen molar-refractivity contribution >= 4 is 5.97 Å². The maximum absolute atomic E-state index is 12.0. The van der Waals surface area contributed by atoms with Crippen LogP contribution in [0.2, 0.25) is 0 Å². The van der Waals surface area contributed by atoms with Gasteiger partial charge >= 0.3 is 5.82 Å². The van der Waals surface area contributed by atoms with Crippen molar-refractivity contribution in [3.63, 3.8) is 0 Å². The van der Waals surface area contributed by atoms with E-state index < -0.39 is 5.97 Å². The number of nitrogens with zero attached hydrogens (tertiary/aromatic N) is 2. The first kappa shape index (κ1) is 16.7. The molecule has 2 aromatic heterocycles. The van der Waals surface area contributed by atoms with Gasteiger partial charge in [-0.1, -0.05) is 66.7 Å². The molecule has 130 valence electrons. The molecular weight excluding hydrogens is 336 g/mol. The molecule has 0 N–H and O–H groups in total. The van der Waals surface area contributed by atoms with Gasteiger partial charge in [-0.25, -0.2) is 0 Å². The molecular formula is C23H16N2O2. The van der Waals surface area contributed by atoms with Gasteiger partial charge in [-0.15, -0.1) is 0 Å². The highest BCUT2D eigenvalue weighted by Crippen LogP contribution is 2.26. The quantitative estimate of drug-likeness (QED) is 0.531. The predicted molar refractivity (Wildman–Crippen MR) is 101 cm³/mol. The molecule has 4 rings (SSSR count). The molecule has 0 bridgehead atoms. The van der Waals surface area contributed by atoms with Crippen molar-refractivity contribution in [2.45, 2.75) is 0 Å². The number of aromatic carboxylic acids is 1. The van der Waals surface area contributed by atoms with E-state index in [1.807, 2.05) is 72.8 Å². The number of rotatable bonds is 4. The lowest BCUT2D eigenvalue weighted by Gasteiger charge is -2.14. The van der Waals surface area contributed by atoms with Crippen molar-refractivity contribution in [1.82, 2.24) is 4.98 Å². The van der Waals surface area contributed by atoms with E-state index in [2.05, 4.69) is 4.98 Å². The van der Waals surface area contributed by atoms with Gasteiger partial charge in [-0.2, -0.15) is 4.57 Å². The number of hydrogen-bond donors (Lipinski definition) is 0. The zero-order valence-electron chi connectivity index (χ0n) is 14.4. The standard InChI is InChI=1S/C23H16N2O2/c26-23(27)21-16-19(17-9-3-1-4-10-17)15-20(18-11-5-2-6-12-18)25(21)22-13-7-8-14-24-22/h1-16H. The van der Waals surface area contributed by atoms with Crippen molar-refractivity contribution in [3.8, 4) is 28.2 Å². The van der Waals surface area contributed by atoms with Crippen LogP contribution in [0.4, 0.5) is 0 Å². The van der Waals surface area contributed by atoms with Crippen LogP contribution in [0.5, 0.6) is 0 Å². The van der Waals surface area contributed by atoms with Gasteiger partial charge < -0.3 is 9.90 Å². The van der Waals surface area contributed by atoms with Gasteiger partial charge in [0, 0.05) is 11.6 Å². The molecule has 4 aromatic rings. The number of hydrogen-bond acceptors (Lipinski definition) is 3. The summed E-state index contributed by atoms with van der Waals surface area (Å²) in [5.41, 5.74) is 3.42. The maximum Gasteiger partial charge on any atom is 0.328 e. The molecule has 0 saturated heterocycles. The fraction of sp³-hybridized carbons (Fsp3) is 0. The Hall–Kier alpha value is -3.79. The third kappa shape index (κ3) is 3.33. The second-order valence-electron chi connectivity index (χ2n) is 6.06.